The largest absolute Gasteiger partial charge is 0.388 e. The Morgan fingerprint density at radius 1 is 1.29 bits per heavy atom. The molecular weight excluding hydrogens is 234 g/mol. The lowest BCUT2D eigenvalue weighted by molar-refractivity contribution is 0.178. The molecule has 0 bridgehead atoms. The standard InChI is InChI=1S/C14H14ClNO/c1-10-7-12(5-6-16-10)14(17)9-11-3-2-4-13(15)8-11/h2-8,14,17H,9H2,1H3. The van der Waals surface area contributed by atoms with Crippen LogP contribution in [-0.4, -0.2) is 10.1 Å². The maximum atomic E-state index is 10.1. The fourth-order valence-corrected chi connectivity index (χ4v) is 1.99. The molecule has 1 unspecified atom stereocenters. The van der Waals surface area contributed by atoms with E-state index in [2.05, 4.69) is 4.98 Å². The summed E-state index contributed by atoms with van der Waals surface area (Å²) in [5, 5.41) is 10.8. The van der Waals surface area contributed by atoms with E-state index in [9.17, 15) is 5.11 Å². The molecule has 1 atom stereocenters. The molecular formula is C14H14ClNO. The zero-order valence-electron chi connectivity index (χ0n) is 9.60. The Labute approximate surface area is 106 Å². The lowest BCUT2D eigenvalue weighted by Gasteiger charge is -2.11. The van der Waals surface area contributed by atoms with Crippen molar-refractivity contribution < 1.29 is 5.11 Å². The molecule has 0 aliphatic heterocycles. The second-order valence-corrected chi connectivity index (χ2v) is 4.52. The van der Waals surface area contributed by atoms with Gasteiger partial charge in [0.05, 0.1) is 6.10 Å². The third-order valence-electron chi connectivity index (χ3n) is 2.62. The van der Waals surface area contributed by atoms with Crippen LogP contribution in [0.5, 0.6) is 0 Å². The van der Waals surface area contributed by atoms with Crippen LogP contribution in [0.2, 0.25) is 5.02 Å². The number of pyridine rings is 1. The van der Waals surface area contributed by atoms with Crippen LogP contribution in [0.4, 0.5) is 0 Å². The Morgan fingerprint density at radius 2 is 2.12 bits per heavy atom. The van der Waals surface area contributed by atoms with Gasteiger partial charge in [0.1, 0.15) is 0 Å². The Bertz CT molecular complexity index is 513. The van der Waals surface area contributed by atoms with Crippen molar-refractivity contribution in [1.29, 1.82) is 0 Å². The van der Waals surface area contributed by atoms with Crippen molar-refractivity contribution in [3.05, 3.63) is 64.4 Å². The molecule has 1 aromatic carbocycles. The van der Waals surface area contributed by atoms with Crippen molar-refractivity contribution in [2.75, 3.05) is 0 Å². The fraction of sp³-hybridized carbons (Fsp3) is 0.214. The van der Waals surface area contributed by atoms with Crippen LogP contribution in [0, 0.1) is 6.92 Å². The SMILES string of the molecule is Cc1cc(C(O)Cc2cccc(Cl)c2)ccn1. The summed E-state index contributed by atoms with van der Waals surface area (Å²) in [6.45, 7) is 1.91. The smallest absolute Gasteiger partial charge is 0.0831 e. The van der Waals surface area contributed by atoms with E-state index >= 15 is 0 Å². The Hall–Kier alpha value is -1.38. The van der Waals surface area contributed by atoms with Gasteiger partial charge < -0.3 is 5.11 Å². The van der Waals surface area contributed by atoms with Crippen molar-refractivity contribution in [2.24, 2.45) is 0 Å². The van der Waals surface area contributed by atoms with Gasteiger partial charge in [0, 0.05) is 23.3 Å². The van der Waals surface area contributed by atoms with Gasteiger partial charge in [0.25, 0.3) is 0 Å². The maximum absolute atomic E-state index is 10.1. The van der Waals surface area contributed by atoms with Gasteiger partial charge in [-0.2, -0.15) is 0 Å². The highest BCUT2D eigenvalue weighted by Gasteiger charge is 2.09. The molecule has 0 radical (unpaired) electrons. The average molecular weight is 248 g/mol. The van der Waals surface area contributed by atoms with Crippen LogP contribution in [0.1, 0.15) is 22.9 Å². The van der Waals surface area contributed by atoms with Crippen LogP contribution in [0.15, 0.2) is 42.6 Å². The summed E-state index contributed by atoms with van der Waals surface area (Å²) >= 11 is 5.91. The van der Waals surface area contributed by atoms with Gasteiger partial charge in [0.15, 0.2) is 0 Å². The van der Waals surface area contributed by atoms with Crippen molar-refractivity contribution in [1.82, 2.24) is 4.98 Å². The minimum Gasteiger partial charge on any atom is -0.388 e. The van der Waals surface area contributed by atoms with E-state index < -0.39 is 6.10 Å². The highest BCUT2D eigenvalue weighted by Crippen LogP contribution is 2.20. The molecule has 0 amide bonds. The summed E-state index contributed by atoms with van der Waals surface area (Å²) in [4.78, 5) is 4.11. The summed E-state index contributed by atoms with van der Waals surface area (Å²) in [5.41, 5.74) is 2.82. The van der Waals surface area contributed by atoms with Gasteiger partial charge in [-0.15, -0.1) is 0 Å². The number of hydrogen-bond donors (Lipinski definition) is 1. The number of aromatic nitrogens is 1. The third-order valence-corrected chi connectivity index (χ3v) is 2.86. The first-order chi connectivity index (χ1) is 8.15. The molecule has 88 valence electrons. The number of aryl methyl sites for hydroxylation is 1. The van der Waals surface area contributed by atoms with Crippen molar-refractivity contribution in [2.45, 2.75) is 19.4 Å². The predicted molar refractivity (Wildman–Crippen MR) is 69.1 cm³/mol. The average Bonchev–Trinajstić information content (AvgIpc) is 2.29. The first kappa shape index (κ1) is 12.1. The molecule has 0 aliphatic rings. The van der Waals surface area contributed by atoms with Crippen LogP contribution in [-0.2, 0) is 6.42 Å². The van der Waals surface area contributed by atoms with E-state index in [1.807, 2.05) is 43.3 Å². The fourth-order valence-electron chi connectivity index (χ4n) is 1.78. The van der Waals surface area contributed by atoms with Gasteiger partial charge in [-0.05, 0) is 42.3 Å². The van der Waals surface area contributed by atoms with E-state index in [1.165, 1.54) is 0 Å². The summed E-state index contributed by atoms with van der Waals surface area (Å²) in [6.07, 6.45) is 1.76. The maximum Gasteiger partial charge on any atom is 0.0831 e. The molecule has 0 spiro atoms. The molecule has 2 aromatic rings. The highest BCUT2D eigenvalue weighted by molar-refractivity contribution is 6.30. The lowest BCUT2D eigenvalue weighted by Crippen LogP contribution is -2.02. The highest BCUT2D eigenvalue weighted by atomic mass is 35.5. The van der Waals surface area contributed by atoms with E-state index in [4.69, 9.17) is 11.6 Å². The lowest BCUT2D eigenvalue weighted by atomic mass is 10.0. The second kappa shape index (κ2) is 5.30. The van der Waals surface area contributed by atoms with Gasteiger partial charge in [-0.25, -0.2) is 0 Å². The molecule has 0 fully saturated rings. The van der Waals surface area contributed by atoms with Crippen LogP contribution in [0.3, 0.4) is 0 Å². The summed E-state index contributed by atoms with van der Waals surface area (Å²) in [7, 11) is 0. The van der Waals surface area contributed by atoms with E-state index in [0.717, 1.165) is 16.8 Å². The van der Waals surface area contributed by atoms with Crippen LogP contribution in [0.25, 0.3) is 0 Å². The predicted octanol–water partition coefficient (Wildman–Crippen LogP) is 3.32. The monoisotopic (exact) mass is 247 g/mol. The zero-order valence-corrected chi connectivity index (χ0v) is 10.4. The van der Waals surface area contributed by atoms with Crippen molar-refractivity contribution >= 4 is 11.6 Å². The molecule has 0 saturated heterocycles. The van der Waals surface area contributed by atoms with E-state index in [1.54, 1.807) is 6.20 Å². The number of hydrogen-bond acceptors (Lipinski definition) is 2. The molecule has 2 nitrogen and oxygen atoms in total. The van der Waals surface area contributed by atoms with E-state index in [-0.39, 0.29) is 0 Å². The molecule has 17 heavy (non-hydrogen) atoms. The molecule has 2 rings (SSSR count). The first-order valence-corrected chi connectivity index (χ1v) is 5.88. The van der Waals surface area contributed by atoms with Gasteiger partial charge >= 0.3 is 0 Å². The quantitative estimate of drug-likeness (QED) is 0.903. The van der Waals surface area contributed by atoms with Gasteiger partial charge in [-0.3, -0.25) is 4.98 Å². The Morgan fingerprint density at radius 3 is 2.82 bits per heavy atom. The topological polar surface area (TPSA) is 33.1 Å². The summed E-state index contributed by atoms with van der Waals surface area (Å²) in [5.74, 6) is 0. The zero-order chi connectivity index (χ0) is 12.3. The number of nitrogens with zero attached hydrogens (tertiary/aromatic N) is 1. The number of benzene rings is 1. The number of halogens is 1. The molecule has 1 aromatic heterocycles. The first-order valence-electron chi connectivity index (χ1n) is 5.50. The summed E-state index contributed by atoms with van der Waals surface area (Å²) in [6, 6.07) is 11.3. The van der Waals surface area contributed by atoms with Crippen LogP contribution >= 0.6 is 11.6 Å². The van der Waals surface area contributed by atoms with Crippen molar-refractivity contribution in [3.63, 3.8) is 0 Å². The molecule has 1 N–H and O–H groups in total. The van der Waals surface area contributed by atoms with E-state index in [0.29, 0.717) is 11.4 Å². The molecule has 3 heteroatoms. The molecule has 0 saturated carbocycles. The van der Waals surface area contributed by atoms with Crippen molar-refractivity contribution in [3.8, 4) is 0 Å². The minimum atomic E-state index is -0.518. The number of aliphatic hydroxyl groups is 1. The Balaban J connectivity index is 2.14. The van der Waals surface area contributed by atoms with Crippen LogP contribution < -0.4 is 0 Å². The van der Waals surface area contributed by atoms with Gasteiger partial charge in [0.2, 0.25) is 0 Å². The Kier molecular flexibility index (Phi) is 3.77. The number of aliphatic hydroxyl groups excluding tert-OH is 1. The summed E-state index contributed by atoms with van der Waals surface area (Å²) < 4.78 is 0. The third kappa shape index (κ3) is 3.29. The number of rotatable bonds is 3. The second-order valence-electron chi connectivity index (χ2n) is 4.08. The van der Waals surface area contributed by atoms with Gasteiger partial charge in [-0.1, -0.05) is 23.7 Å². The molecule has 1 heterocycles. The normalized spacial score (nSPS) is 12.4. The minimum absolute atomic E-state index is 0.518. The molecule has 0 aliphatic carbocycles.